The predicted octanol–water partition coefficient (Wildman–Crippen LogP) is 1.39. The molecule has 2 aromatic rings. The molecule has 18 heavy (non-hydrogen) atoms. The van der Waals surface area contributed by atoms with Gasteiger partial charge >= 0.3 is 0 Å². The zero-order valence-electron chi connectivity index (χ0n) is 11.3. The SMILES string of the molecule is CCc1nnc(C)cc1C(NC)c1ccnn1C. The van der Waals surface area contributed by atoms with Crippen molar-refractivity contribution in [3.63, 3.8) is 0 Å². The molecule has 1 atom stereocenters. The van der Waals surface area contributed by atoms with Crippen molar-refractivity contribution in [2.75, 3.05) is 7.05 Å². The lowest BCUT2D eigenvalue weighted by molar-refractivity contribution is 0.596. The summed E-state index contributed by atoms with van der Waals surface area (Å²) in [6.45, 7) is 4.06. The van der Waals surface area contributed by atoms with Crippen LogP contribution in [0.15, 0.2) is 18.3 Å². The summed E-state index contributed by atoms with van der Waals surface area (Å²) in [5.41, 5.74) is 4.27. The van der Waals surface area contributed by atoms with E-state index in [9.17, 15) is 0 Å². The highest BCUT2D eigenvalue weighted by atomic mass is 15.3. The zero-order valence-corrected chi connectivity index (χ0v) is 11.3. The molecule has 0 amide bonds. The molecule has 0 fully saturated rings. The van der Waals surface area contributed by atoms with E-state index in [2.05, 4.69) is 33.6 Å². The molecule has 0 saturated heterocycles. The first-order valence-corrected chi connectivity index (χ1v) is 6.15. The van der Waals surface area contributed by atoms with Crippen LogP contribution in [-0.2, 0) is 13.5 Å². The summed E-state index contributed by atoms with van der Waals surface area (Å²) < 4.78 is 1.89. The molecule has 0 saturated carbocycles. The molecular weight excluding hydrogens is 226 g/mol. The van der Waals surface area contributed by atoms with E-state index in [-0.39, 0.29) is 6.04 Å². The Morgan fingerprint density at radius 3 is 2.72 bits per heavy atom. The van der Waals surface area contributed by atoms with Gasteiger partial charge in [-0.1, -0.05) is 6.92 Å². The maximum absolute atomic E-state index is 4.29. The molecule has 0 spiro atoms. The molecule has 0 aliphatic heterocycles. The van der Waals surface area contributed by atoms with Gasteiger partial charge in [-0.2, -0.15) is 15.3 Å². The van der Waals surface area contributed by atoms with Crippen molar-refractivity contribution < 1.29 is 0 Å². The Morgan fingerprint density at radius 2 is 2.17 bits per heavy atom. The van der Waals surface area contributed by atoms with Crippen molar-refractivity contribution in [2.24, 2.45) is 7.05 Å². The molecule has 0 aliphatic carbocycles. The normalized spacial score (nSPS) is 12.7. The lowest BCUT2D eigenvalue weighted by Gasteiger charge is -2.19. The first-order valence-electron chi connectivity index (χ1n) is 6.15. The molecular formula is C13H19N5. The lowest BCUT2D eigenvalue weighted by atomic mass is 10.0. The van der Waals surface area contributed by atoms with E-state index < -0.39 is 0 Å². The summed E-state index contributed by atoms with van der Waals surface area (Å²) in [5.74, 6) is 0. The van der Waals surface area contributed by atoms with Gasteiger partial charge in [0.05, 0.1) is 23.1 Å². The predicted molar refractivity (Wildman–Crippen MR) is 70.3 cm³/mol. The van der Waals surface area contributed by atoms with E-state index in [1.165, 1.54) is 5.56 Å². The fourth-order valence-electron chi connectivity index (χ4n) is 2.19. The zero-order chi connectivity index (χ0) is 13.1. The Labute approximate surface area is 107 Å². The highest BCUT2D eigenvalue weighted by Gasteiger charge is 2.19. The van der Waals surface area contributed by atoms with Gasteiger partial charge in [0.25, 0.3) is 0 Å². The third kappa shape index (κ3) is 2.26. The number of nitrogens with zero attached hydrogens (tertiary/aromatic N) is 4. The molecule has 96 valence electrons. The Morgan fingerprint density at radius 1 is 1.39 bits per heavy atom. The largest absolute Gasteiger partial charge is 0.308 e. The first-order chi connectivity index (χ1) is 8.67. The third-order valence-corrected chi connectivity index (χ3v) is 3.12. The van der Waals surface area contributed by atoms with E-state index >= 15 is 0 Å². The van der Waals surface area contributed by atoms with Crippen molar-refractivity contribution >= 4 is 0 Å². The maximum Gasteiger partial charge on any atom is 0.0764 e. The highest BCUT2D eigenvalue weighted by molar-refractivity contribution is 5.31. The van der Waals surface area contributed by atoms with Gasteiger partial charge in [-0.05, 0) is 32.5 Å². The quantitative estimate of drug-likeness (QED) is 0.884. The van der Waals surface area contributed by atoms with Crippen LogP contribution in [0.4, 0.5) is 0 Å². The van der Waals surface area contributed by atoms with Gasteiger partial charge in [0.1, 0.15) is 0 Å². The molecule has 2 heterocycles. The lowest BCUT2D eigenvalue weighted by Crippen LogP contribution is -2.22. The highest BCUT2D eigenvalue weighted by Crippen LogP contribution is 2.23. The summed E-state index contributed by atoms with van der Waals surface area (Å²) >= 11 is 0. The smallest absolute Gasteiger partial charge is 0.0764 e. The van der Waals surface area contributed by atoms with E-state index in [4.69, 9.17) is 0 Å². The van der Waals surface area contributed by atoms with Crippen molar-refractivity contribution in [3.8, 4) is 0 Å². The van der Waals surface area contributed by atoms with Crippen LogP contribution in [0.3, 0.4) is 0 Å². The maximum atomic E-state index is 4.29. The third-order valence-electron chi connectivity index (χ3n) is 3.12. The number of hydrogen-bond acceptors (Lipinski definition) is 4. The van der Waals surface area contributed by atoms with Gasteiger partial charge in [-0.15, -0.1) is 0 Å². The number of hydrogen-bond donors (Lipinski definition) is 1. The van der Waals surface area contributed by atoms with Crippen LogP contribution in [0.25, 0.3) is 0 Å². The van der Waals surface area contributed by atoms with E-state index in [0.717, 1.165) is 23.5 Å². The topological polar surface area (TPSA) is 55.6 Å². The molecule has 0 radical (unpaired) electrons. The number of aryl methyl sites for hydroxylation is 3. The monoisotopic (exact) mass is 245 g/mol. The van der Waals surface area contributed by atoms with Crippen molar-refractivity contribution in [2.45, 2.75) is 26.3 Å². The average molecular weight is 245 g/mol. The fraction of sp³-hybridized carbons (Fsp3) is 0.462. The molecule has 0 aliphatic rings. The fourth-order valence-corrected chi connectivity index (χ4v) is 2.19. The molecule has 0 bridgehead atoms. The van der Waals surface area contributed by atoms with Gasteiger partial charge in [0.2, 0.25) is 0 Å². The van der Waals surface area contributed by atoms with E-state index in [1.807, 2.05) is 38.0 Å². The minimum Gasteiger partial charge on any atom is -0.308 e. The van der Waals surface area contributed by atoms with Crippen LogP contribution < -0.4 is 5.32 Å². The Hall–Kier alpha value is -1.75. The van der Waals surface area contributed by atoms with Gasteiger partial charge in [-0.3, -0.25) is 4.68 Å². The molecule has 2 aromatic heterocycles. The summed E-state index contributed by atoms with van der Waals surface area (Å²) in [4.78, 5) is 0. The van der Waals surface area contributed by atoms with Crippen LogP contribution >= 0.6 is 0 Å². The number of rotatable bonds is 4. The summed E-state index contributed by atoms with van der Waals surface area (Å²) in [5, 5.41) is 16.0. The van der Waals surface area contributed by atoms with Crippen LogP contribution in [0, 0.1) is 6.92 Å². The Kier molecular flexibility index (Phi) is 3.72. The van der Waals surface area contributed by atoms with Gasteiger partial charge in [-0.25, -0.2) is 0 Å². The van der Waals surface area contributed by atoms with Crippen LogP contribution in [0.2, 0.25) is 0 Å². The second-order valence-corrected chi connectivity index (χ2v) is 4.34. The van der Waals surface area contributed by atoms with Crippen LogP contribution in [-0.4, -0.2) is 27.0 Å². The van der Waals surface area contributed by atoms with E-state index in [1.54, 1.807) is 0 Å². The molecule has 1 N–H and O–H groups in total. The minimum atomic E-state index is 0.0987. The van der Waals surface area contributed by atoms with Crippen molar-refractivity contribution in [3.05, 3.63) is 41.0 Å². The average Bonchev–Trinajstić information content (AvgIpc) is 2.77. The second kappa shape index (κ2) is 5.27. The molecule has 5 nitrogen and oxygen atoms in total. The van der Waals surface area contributed by atoms with Gasteiger partial charge in [0.15, 0.2) is 0 Å². The first kappa shape index (κ1) is 12.7. The Balaban J connectivity index is 2.51. The van der Waals surface area contributed by atoms with Crippen molar-refractivity contribution in [1.29, 1.82) is 0 Å². The standard InChI is InChI=1S/C13H19N5/c1-5-11-10(8-9(2)16-17-11)13(14-3)12-6-7-15-18(12)4/h6-8,13-14H,5H2,1-4H3. The van der Waals surface area contributed by atoms with Crippen molar-refractivity contribution in [1.82, 2.24) is 25.3 Å². The Bertz CT molecular complexity index is 532. The van der Waals surface area contributed by atoms with Gasteiger partial charge < -0.3 is 5.32 Å². The summed E-state index contributed by atoms with van der Waals surface area (Å²) in [6, 6.07) is 4.22. The number of aromatic nitrogens is 4. The minimum absolute atomic E-state index is 0.0987. The molecule has 5 heteroatoms. The van der Waals surface area contributed by atoms with Gasteiger partial charge in [0, 0.05) is 18.8 Å². The second-order valence-electron chi connectivity index (χ2n) is 4.34. The number of nitrogens with one attached hydrogen (secondary N) is 1. The van der Waals surface area contributed by atoms with Crippen LogP contribution in [0.1, 0.15) is 35.6 Å². The molecule has 0 aromatic carbocycles. The molecule has 1 unspecified atom stereocenters. The summed E-state index contributed by atoms with van der Waals surface area (Å²) in [6.07, 6.45) is 2.69. The van der Waals surface area contributed by atoms with Crippen LogP contribution in [0.5, 0.6) is 0 Å². The summed E-state index contributed by atoms with van der Waals surface area (Å²) in [7, 11) is 3.90. The molecule has 2 rings (SSSR count). The van der Waals surface area contributed by atoms with E-state index in [0.29, 0.717) is 0 Å².